The summed E-state index contributed by atoms with van der Waals surface area (Å²) in [6, 6.07) is 7.51. The Morgan fingerprint density at radius 3 is 2.95 bits per heavy atom. The molecule has 0 aliphatic carbocycles. The SMILES string of the molecule is CCCN1CCCC(CNC)C1c1cccc(F)c1. The molecule has 1 N–H and O–H groups in total. The van der Waals surface area contributed by atoms with Crippen LogP contribution in [0.1, 0.15) is 37.8 Å². The molecule has 2 unspecified atom stereocenters. The summed E-state index contributed by atoms with van der Waals surface area (Å²) in [7, 11) is 2.00. The smallest absolute Gasteiger partial charge is 0.123 e. The fraction of sp³-hybridized carbons (Fsp3) is 0.625. The van der Waals surface area contributed by atoms with Gasteiger partial charge in [-0.1, -0.05) is 19.1 Å². The number of likely N-dealkylation sites (tertiary alicyclic amines) is 1. The van der Waals surface area contributed by atoms with Gasteiger partial charge in [-0.2, -0.15) is 0 Å². The number of halogens is 1. The predicted molar refractivity (Wildman–Crippen MR) is 77.7 cm³/mol. The molecule has 106 valence electrons. The molecule has 2 nitrogen and oxygen atoms in total. The lowest BCUT2D eigenvalue weighted by Crippen LogP contribution is -2.42. The van der Waals surface area contributed by atoms with Crippen LogP contribution in [0.25, 0.3) is 0 Å². The largest absolute Gasteiger partial charge is 0.319 e. The van der Waals surface area contributed by atoms with Crippen LogP contribution in [0, 0.1) is 11.7 Å². The summed E-state index contributed by atoms with van der Waals surface area (Å²) in [5.74, 6) is 0.454. The predicted octanol–water partition coefficient (Wildman–Crippen LogP) is 3.21. The maximum absolute atomic E-state index is 13.5. The molecule has 0 spiro atoms. The van der Waals surface area contributed by atoms with Crippen molar-refractivity contribution in [2.45, 2.75) is 32.2 Å². The third-order valence-electron chi connectivity index (χ3n) is 4.03. The van der Waals surface area contributed by atoms with Crippen molar-refractivity contribution in [3.8, 4) is 0 Å². The van der Waals surface area contributed by atoms with Gasteiger partial charge in [0, 0.05) is 6.04 Å². The van der Waals surface area contributed by atoms with Crippen molar-refractivity contribution in [2.24, 2.45) is 5.92 Å². The fourth-order valence-corrected chi connectivity index (χ4v) is 3.34. The van der Waals surface area contributed by atoms with Crippen molar-refractivity contribution < 1.29 is 4.39 Å². The van der Waals surface area contributed by atoms with Crippen molar-refractivity contribution in [1.82, 2.24) is 10.2 Å². The van der Waals surface area contributed by atoms with E-state index in [0.29, 0.717) is 12.0 Å². The zero-order chi connectivity index (χ0) is 13.7. The molecule has 1 saturated heterocycles. The number of benzene rings is 1. The van der Waals surface area contributed by atoms with Gasteiger partial charge >= 0.3 is 0 Å². The topological polar surface area (TPSA) is 15.3 Å². The molecular formula is C16H25FN2. The van der Waals surface area contributed by atoms with E-state index < -0.39 is 0 Å². The Bertz CT molecular complexity index is 376. The van der Waals surface area contributed by atoms with Crippen LogP contribution in [0.5, 0.6) is 0 Å². The molecule has 0 radical (unpaired) electrons. The number of rotatable bonds is 5. The quantitative estimate of drug-likeness (QED) is 0.878. The second-order valence-electron chi connectivity index (χ2n) is 5.50. The van der Waals surface area contributed by atoms with Crippen molar-refractivity contribution in [2.75, 3.05) is 26.7 Å². The average Bonchev–Trinajstić information content (AvgIpc) is 2.40. The van der Waals surface area contributed by atoms with Crippen LogP contribution in [0.15, 0.2) is 24.3 Å². The maximum Gasteiger partial charge on any atom is 0.123 e. The van der Waals surface area contributed by atoms with Gasteiger partial charge in [-0.15, -0.1) is 0 Å². The van der Waals surface area contributed by atoms with Gasteiger partial charge < -0.3 is 5.32 Å². The number of hydrogen-bond donors (Lipinski definition) is 1. The average molecular weight is 264 g/mol. The Morgan fingerprint density at radius 2 is 2.26 bits per heavy atom. The van der Waals surface area contributed by atoms with Gasteiger partial charge in [0.15, 0.2) is 0 Å². The number of nitrogens with zero attached hydrogens (tertiary/aromatic N) is 1. The Hall–Kier alpha value is -0.930. The van der Waals surface area contributed by atoms with Gasteiger partial charge in [0.25, 0.3) is 0 Å². The first kappa shape index (κ1) is 14.5. The molecule has 1 aromatic carbocycles. The highest BCUT2D eigenvalue weighted by Gasteiger charge is 2.31. The summed E-state index contributed by atoms with van der Waals surface area (Å²) < 4.78 is 13.5. The first-order valence-corrected chi connectivity index (χ1v) is 7.40. The first-order valence-electron chi connectivity index (χ1n) is 7.40. The Labute approximate surface area is 116 Å². The molecule has 1 fully saturated rings. The summed E-state index contributed by atoms with van der Waals surface area (Å²) >= 11 is 0. The maximum atomic E-state index is 13.5. The zero-order valence-electron chi connectivity index (χ0n) is 12.0. The van der Waals surface area contributed by atoms with E-state index >= 15 is 0 Å². The minimum atomic E-state index is -0.122. The molecule has 1 heterocycles. The lowest BCUT2D eigenvalue weighted by Gasteiger charge is -2.41. The van der Waals surface area contributed by atoms with Gasteiger partial charge in [0.1, 0.15) is 5.82 Å². The van der Waals surface area contributed by atoms with E-state index in [9.17, 15) is 4.39 Å². The second kappa shape index (κ2) is 7.01. The van der Waals surface area contributed by atoms with E-state index in [4.69, 9.17) is 0 Å². The third kappa shape index (κ3) is 3.54. The lowest BCUT2D eigenvalue weighted by molar-refractivity contribution is 0.0922. The monoisotopic (exact) mass is 264 g/mol. The summed E-state index contributed by atoms with van der Waals surface area (Å²) in [6.45, 7) is 5.45. The van der Waals surface area contributed by atoms with Crippen LogP contribution >= 0.6 is 0 Å². The number of hydrogen-bond acceptors (Lipinski definition) is 2. The number of piperidine rings is 1. The molecular weight excluding hydrogens is 239 g/mol. The highest BCUT2D eigenvalue weighted by Crippen LogP contribution is 2.35. The van der Waals surface area contributed by atoms with E-state index in [0.717, 1.165) is 31.6 Å². The summed E-state index contributed by atoms with van der Waals surface area (Å²) in [5.41, 5.74) is 1.13. The molecule has 2 atom stereocenters. The van der Waals surface area contributed by atoms with Crippen molar-refractivity contribution >= 4 is 0 Å². The Balaban J connectivity index is 2.26. The molecule has 1 aromatic rings. The van der Waals surface area contributed by atoms with Crippen LogP contribution in [-0.2, 0) is 0 Å². The van der Waals surface area contributed by atoms with Gasteiger partial charge in [-0.25, -0.2) is 4.39 Å². The normalized spacial score (nSPS) is 24.6. The van der Waals surface area contributed by atoms with Crippen molar-refractivity contribution in [3.05, 3.63) is 35.6 Å². The molecule has 0 bridgehead atoms. The van der Waals surface area contributed by atoms with E-state index in [-0.39, 0.29) is 5.82 Å². The van der Waals surface area contributed by atoms with E-state index in [2.05, 4.69) is 23.2 Å². The summed E-state index contributed by atoms with van der Waals surface area (Å²) in [4.78, 5) is 2.53. The van der Waals surface area contributed by atoms with E-state index in [1.807, 2.05) is 13.1 Å². The fourth-order valence-electron chi connectivity index (χ4n) is 3.34. The molecule has 1 aliphatic heterocycles. The highest BCUT2D eigenvalue weighted by molar-refractivity contribution is 5.22. The highest BCUT2D eigenvalue weighted by atomic mass is 19.1. The Kier molecular flexibility index (Phi) is 5.34. The lowest BCUT2D eigenvalue weighted by atomic mass is 9.84. The minimum Gasteiger partial charge on any atom is -0.319 e. The van der Waals surface area contributed by atoms with Gasteiger partial charge in [-0.05, 0) is 69.6 Å². The van der Waals surface area contributed by atoms with Crippen molar-refractivity contribution in [1.29, 1.82) is 0 Å². The van der Waals surface area contributed by atoms with E-state index in [1.165, 1.54) is 18.9 Å². The number of nitrogens with one attached hydrogen (secondary N) is 1. The minimum absolute atomic E-state index is 0.122. The zero-order valence-corrected chi connectivity index (χ0v) is 12.0. The summed E-state index contributed by atoms with van der Waals surface area (Å²) in [6.07, 6.45) is 3.62. The molecule has 0 amide bonds. The van der Waals surface area contributed by atoms with Gasteiger partial charge in [0.2, 0.25) is 0 Å². The van der Waals surface area contributed by atoms with E-state index in [1.54, 1.807) is 6.07 Å². The van der Waals surface area contributed by atoms with Crippen LogP contribution in [0.3, 0.4) is 0 Å². The standard InChI is InChI=1S/C16H25FN2/c1-3-9-19-10-5-7-14(12-18-2)16(19)13-6-4-8-15(17)11-13/h4,6,8,11,14,16,18H,3,5,7,9-10,12H2,1-2H3. The molecule has 2 rings (SSSR count). The van der Waals surface area contributed by atoms with Crippen LogP contribution in [0.4, 0.5) is 4.39 Å². The second-order valence-corrected chi connectivity index (χ2v) is 5.50. The molecule has 0 aromatic heterocycles. The molecule has 1 aliphatic rings. The molecule has 0 saturated carbocycles. The first-order chi connectivity index (χ1) is 9.26. The van der Waals surface area contributed by atoms with Crippen LogP contribution < -0.4 is 5.32 Å². The summed E-state index contributed by atoms with van der Waals surface area (Å²) in [5, 5.41) is 3.29. The van der Waals surface area contributed by atoms with Gasteiger partial charge in [0.05, 0.1) is 0 Å². The third-order valence-corrected chi connectivity index (χ3v) is 4.03. The van der Waals surface area contributed by atoms with Crippen LogP contribution in [0.2, 0.25) is 0 Å². The Morgan fingerprint density at radius 1 is 1.42 bits per heavy atom. The van der Waals surface area contributed by atoms with Gasteiger partial charge in [-0.3, -0.25) is 4.90 Å². The van der Waals surface area contributed by atoms with Crippen molar-refractivity contribution in [3.63, 3.8) is 0 Å². The molecule has 19 heavy (non-hydrogen) atoms. The molecule has 3 heteroatoms. The van der Waals surface area contributed by atoms with Crippen LogP contribution in [-0.4, -0.2) is 31.6 Å².